The average Bonchev–Trinajstić information content (AvgIpc) is 3.37. The van der Waals surface area contributed by atoms with Crippen molar-refractivity contribution in [3.8, 4) is 67.5 Å². The summed E-state index contributed by atoms with van der Waals surface area (Å²) in [5, 5.41) is -2.19. The van der Waals surface area contributed by atoms with Crippen LogP contribution >= 0.6 is 0 Å². The quantitative estimate of drug-likeness (QED) is 0.162. The monoisotopic (exact) mass is 702 g/mol. The van der Waals surface area contributed by atoms with Crippen LogP contribution in [-0.4, -0.2) is 15.0 Å². The molecule has 0 saturated carbocycles. The highest BCUT2D eigenvalue weighted by molar-refractivity contribution is 6.25. The van der Waals surface area contributed by atoms with E-state index in [1.54, 1.807) is 30.3 Å². The van der Waals surface area contributed by atoms with Crippen LogP contribution in [0.15, 0.2) is 200 Å². The molecule has 0 N–H and O–H groups in total. The van der Waals surface area contributed by atoms with E-state index in [9.17, 15) is 5.48 Å². The molecule has 0 unspecified atom stereocenters. The van der Waals surface area contributed by atoms with Crippen molar-refractivity contribution in [2.24, 2.45) is 0 Å². The van der Waals surface area contributed by atoms with Crippen molar-refractivity contribution in [3.05, 3.63) is 200 Å². The first-order valence-corrected chi connectivity index (χ1v) is 17.1. The molecule has 10 aromatic rings. The molecular weight excluding hydrogens is 655 g/mol. The molecule has 0 radical (unpaired) electrons. The zero-order valence-corrected chi connectivity index (χ0v) is 28.2. The Morgan fingerprint density at radius 1 is 0.278 bits per heavy atom. The Morgan fingerprint density at radius 3 is 1.31 bits per heavy atom. The lowest BCUT2D eigenvalue weighted by molar-refractivity contribution is 1.07. The molecule has 0 aliphatic rings. The highest BCUT2D eigenvalue weighted by atomic mass is 15.0. The van der Waals surface area contributed by atoms with E-state index in [0.717, 1.165) is 22.3 Å². The second kappa shape index (κ2) is 13.4. The van der Waals surface area contributed by atoms with Gasteiger partial charge in [0.05, 0.1) is 20.6 Å². The summed E-state index contributed by atoms with van der Waals surface area (Å²) in [6, 6.07) is 23.9. The van der Waals surface area contributed by atoms with Crippen molar-refractivity contribution in [2.45, 2.75) is 0 Å². The van der Waals surface area contributed by atoms with E-state index >= 15 is 0 Å². The van der Waals surface area contributed by atoms with Crippen LogP contribution in [0.1, 0.15) is 20.6 Å². The minimum absolute atomic E-state index is 0.142. The number of hydrogen-bond donors (Lipinski definition) is 0. The fourth-order valence-electron chi connectivity index (χ4n) is 6.52. The normalized spacial score (nSPS) is 15.2. The first kappa shape index (κ1) is 19.6. The average molecular weight is 703 g/mol. The topological polar surface area (TPSA) is 38.7 Å². The number of benzene rings is 9. The summed E-state index contributed by atoms with van der Waals surface area (Å²) < 4.78 is 135. The number of nitrogens with zero attached hydrogens (tertiary/aromatic N) is 3. The van der Waals surface area contributed by atoms with Gasteiger partial charge in [-0.05, 0) is 83.8 Å². The van der Waals surface area contributed by atoms with Crippen LogP contribution in [0, 0.1) is 0 Å². The summed E-state index contributed by atoms with van der Waals surface area (Å²) in [4.78, 5) is 14.2. The SMILES string of the molecule is [2H]c1c([2H])c(-c2nc(-c3ccccc3)nc(-c3ccc(-c4cccc(-c5ccccc5)c4)cc3)n2)c([2H])c(-c2c([2H])c([2H])c3c4c([2H])c([2H])c([2H])c([2H])c4c4c([2H])c([2H])c([2H])c([2H])c4c3c2[2H])c1[2H]. The summed E-state index contributed by atoms with van der Waals surface area (Å²) in [5.74, 6) is 0.0502. The van der Waals surface area contributed by atoms with Crippen LogP contribution in [0.25, 0.3) is 99.9 Å². The predicted molar refractivity (Wildman–Crippen MR) is 225 cm³/mol. The molecular formula is C51H33N3. The minimum Gasteiger partial charge on any atom is -0.208 e. The molecule has 10 rings (SSSR count). The van der Waals surface area contributed by atoms with Crippen LogP contribution in [0.5, 0.6) is 0 Å². The zero-order chi connectivity index (χ0) is 48.9. The van der Waals surface area contributed by atoms with E-state index in [2.05, 4.69) is 6.07 Å². The molecule has 3 nitrogen and oxygen atoms in total. The molecule has 0 amide bonds. The smallest absolute Gasteiger partial charge is 0.164 e. The summed E-state index contributed by atoms with van der Waals surface area (Å²) >= 11 is 0. The number of rotatable bonds is 6. The number of fused-ring (bicyclic) bond motifs is 6. The third-order valence-electron chi connectivity index (χ3n) is 9.15. The van der Waals surface area contributed by atoms with Crippen LogP contribution in [-0.2, 0) is 0 Å². The lowest BCUT2D eigenvalue weighted by Gasteiger charge is -2.13. The number of hydrogen-bond acceptors (Lipinski definition) is 3. The molecule has 54 heavy (non-hydrogen) atoms. The van der Waals surface area contributed by atoms with Gasteiger partial charge >= 0.3 is 0 Å². The number of aromatic nitrogens is 3. The summed E-state index contributed by atoms with van der Waals surface area (Å²) in [6.07, 6.45) is 0. The Balaban J connectivity index is 1.23. The molecule has 0 aliphatic heterocycles. The van der Waals surface area contributed by atoms with Crippen molar-refractivity contribution in [3.63, 3.8) is 0 Å². The van der Waals surface area contributed by atoms with E-state index < -0.39 is 107 Å². The molecule has 0 fully saturated rings. The molecule has 0 spiro atoms. The molecule has 0 aliphatic carbocycles. The van der Waals surface area contributed by atoms with Gasteiger partial charge in [-0.15, -0.1) is 0 Å². The van der Waals surface area contributed by atoms with E-state index in [-0.39, 0.29) is 50.0 Å². The fraction of sp³-hybridized carbons (Fsp3) is 0. The minimum atomic E-state index is -0.776. The standard InChI is InChI=1S/C51H33N3/c1-3-13-34(14-4-1)38-17-11-18-39(31-38)35-25-27-37(28-26-35)50-52-49(36-15-5-2-6-16-36)53-51(54-50)42-20-12-19-40(32-42)41-29-30-47-45-23-8-7-21-43(45)44-22-9-10-24-46(44)48(47)33-41/h1-33H/i7D,8D,9D,10D,12D,19D,20D,21D,22D,23D,24D,29D,30D,32D,33D. The second-order valence-electron chi connectivity index (χ2n) is 12.4. The zero-order valence-electron chi connectivity index (χ0n) is 43.2. The van der Waals surface area contributed by atoms with E-state index in [1.807, 2.05) is 72.8 Å². The Morgan fingerprint density at radius 2 is 0.704 bits per heavy atom. The van der Waals surface area contributed by atoms with E-state index in [0.29, 0.717) is 11.1 Å². The Labute approximate surface area is 335 Å². The lowest BCUT2D eigenvalue weighted by Crippen LogP contribution is -2.00. The van der Waals surface area contributed by atoms with Gasteiger partial charge in [0.25, 0.3) is 0 Å². The maximum Gasteiger partial charge on any atom is 0.164 e. The molecule has 0 atom stereocenters. The molecule has 0 saturated heterocycles. The van der Waals surface area contributed by atoms with Gasteiger partial charge in [0.2, 0.25) is 0 Å². The van der Waals surface area contributed by atoms with Crippen LogP contribution in [0.2, 0.25) is 0 Å². The third-order valence-corrected chi connectivity index (χ3v) is 9.15. The van der Waals surface area contributed by atoms with E-state index in [4.69, 9.17) is 30.0 Å². The van der Waals surface area contributed by atoms with E-state index in [1.165, 1.54) is 0 Å². The van der Waals surface area contributed by atoms with Gasteiger partial charge in [0.1, 0.15) is 0 Å². The van der Waals surface area contributed by atoms with Crippen molar-refractivity contribution < 1.29 is 20.6 Å². The first-order chi connectivity index (χ1) is 33.0. The summed E-state index contributed by atoms with van der Waals surface area (Å²) in [7, 11) is 0. The molecule has 1 heterocycles. The van der Waals surface area contributed by atoms with Crippen molar-refractivity contribution in [2.75, 3.05) is 0 Å². The fourth-order valence-corrected chi connectivity index (χ4v) is 6.52. The van der Waals surface area contributed by atoms with Gasteiger partial charge in [-0.25, -0.2) is 15.0 Å². The van der Waals surface area contributed by atoms with Crippen molar-refractivity contribution in [1.82, 2.24) is 15.0 Å². The maximum absolute atomic E-state index is 9.74. The van der Waals surface area contributed by atoms with Crippen molar-refractivity contribution >= 4 is 32.3 Å². The highest BCUT2D eigenvalue weighted by Crippen LogP contribution is 2.38. The van der Waals surface area contributed by atoms with Crippen LogP contribution in [0.3, 0.4) is 0 Å². The van der Waals surface area contributed by atoms with Crippen LogP contribution in [0.4, 0.5) is 0 Å². The molecule has 0 bridgehead atoms. The predicted octanol–water partition coefficient (Wildman–Crippen LogP) is 13.3. The van der Waals surface area contributed by atoms with Gasteiger partial charge in [-0.1, -0.05) is 182 Å². The lowest BCUT2D eigenvalue weighted by atomic mass is 9.92. The molecule has 3 heteroatoms. The van der Waals surface area contributed by atoms with Crippen molar-refractivity contribution in [1.29, 1.82) is 0 Å². The maximum atomic E-state index is 9.74. The van der Waals surface area contributed by atoms with Gasteiger partial charge in [0, 0.05) is 16.7 Å². The largest absolute Gasteiger partial charge is 0.208 e. The van der Waals surface area contributed by atoms with Crippen LogP contribution < -0.4 is 0 Å². The van der Waals surface area contributed by atoms with Gasteiger partial charge in [-0.2, -0.15) is 0 Å². The Kier molecular flexibility index (Phi) is 4.85. The third kappa shape index (κ3) is 5.78. The first-order valence-electron chi connectivity index (χ1n) is 24.6. The second-order valence-corrected chi connectivity index (χ2v) is 12.4. The van der Waals surface area contributed by atoms with Gasteiger partial charge < -0.3 is 0 Å². The Bertz CT molecular complexity index is 3790. The summed E-state index contributed by atoms with van der Waals surface area (Å²) in [5.41, 5.74) is 3.62. The summed E-state index contributed by atoms with van der Waals surface area (Å²) in [6.45, 7) is 0. The highest BCUT2D eigenvalue weighted by Gasteiger charge is 2.15. The molecule has 252 valence electrons. The molecule has 9 aromatic carbocycles. The Hall–Kier alpha value is -7.23. The molecule has 1 aromatic heterocycles. The van der Waals surface area contributed by atoms with Gasteiger partial charge in [0.15, 0.2) is 17.5 Å². The van der Waals surface area contributed by atoms with Gasteiger partial charge in [-0.3, -0.25) is 0 Å².